The Balaban J connectivity index is 1.62. The number of ether oxygens (including phenoxy) is 1. The van der Waals surface area contributed by atoms with E-state index in [1.807, 2.05) is 12.1 Å². The van der Waals surface area contributed by atoms with E-state index in [0.717, 1.165) is 35.8 Å². The van der Waals surface area contributed by atoms with Crippen LogP contribution in [-0.2, 0) is 27.9 Å². The third-order valence-electron chi connectivity index (χ3n) is 5.21. The van der Waals surface area contributed by atoms with Crippen molar-refractivity contribution in [2.24, 2.45) is 0 Å². The van der Waals surface area contributed by atoms with Gasteiger partial charge in [-0.2, -0.15) is 0 Å². The van der Waals surface area contributed by atoms with Crippen LogP contribution in [0.5, 0.6) is 5.75 Å². The van der Waals surface area contributed by atoms with Crippen molar-refractivity contribution in [3.8, 4) is 5.75 Å². The summed E-state index contributed by atoms with van der Waals surface area (Å²) in [5.41, 5.74) is 2.41. The summed E-state index contributed by atoms with van der Waals surface area (Å²) in [5.74, 6) is -0.107. The number of rotatable bonds is 9. The summed E-state index contributed by atoms with van der Waals surface area (Å²) >= 11 is 6.03. The molecule has 9 heteroatoms. The van der Waals surface area contributed by atoms with Gasteiger partial charge in [0.15, 0.2) is 0 Å². The van der Waals surface area contributed by atoms with E-state index in [1.165, 1.54) is 31.6 Å². The third kappa shape index (κ3) is 6.59. The lowest BCUT2D eigenvalue weighted by molar-refractivity contribution is -0.119. The lowest BCUT2D eigenvalue weighted by Gasteiger charge is -2.24. The Morgan fingerprint density at radius 2 is 1.77 bits per heavy atom. The average Bonchev–Trinajstić information content (AvgIpc) is 3.23. The van der Waals surface area contributed by atoms with Crippen LogP contribution in [0.3, 0.4) is 0 Å². The number of carbonyl (C=O) groups is 1. The molecule has 1 heterocycles. The number of methoxy groups -OCH3 is 1. The summed E-state index contributed by atoms with van der Waals surface area (Å²) in [4.78, 5) is 15.0. The molecule has 1 fully saturated rings. The predicted octanol–water partition coefficient (Wildman–Crippen LogP) is 3.03. The Morgan fingerprint density at radius 3 is 2.39 bits per heavy atom. The van der Waals surface area contributed by atoms with Crippen LogP contribution in [0.25, 0.3) is 0 Å². The fourth-order valence-electron chi connectivity index (χ4n) is 3.59. The van der Waals surface area contributed by atoms with Crippen molar-refractivity contribution < 1.29 is 17.9 Å². The van der Waals surface area contributed by atoms with E-state index in [4.69, 9.17) is 16.3 Å². The lowest BCUT2D eigenvalue weighted by atomic mass is 10.1. The molecular formula is C22H28ClN3O4S. The van der Waals surface area contributed by atoms with Crippen molar-refractivity contribution in [3.05, 3.63) is 58.6 Å². The summed E-state index contributed by atoms with van der Waals surface area (Å²) < 4.78 is 30.9. The zero-order valence-corrected chi connectivity index (χ0v) is 19.4. The summed E-state index contributed by atoms with van der Waals surface area (Å²) in [6, 6.07) is 12.7. The number of nitrogens with one attached hydrogen (secondary N) is 1. The molecule has 0 aliphatic carbocycles. The zero-order valence-electron chi connectivity index (χ0n) is 17.8. The minimum atomic E-state index is -3.73. The maximum Gasteiger partial charge on any atom is 0.241 e. The maximum absolute atomic E-state index is 12.5. The second kappa shape index (κ2) is 10.3. The molecule has 2 aromatic rings. The Morgan fingerprint density at radius 1 is 1.13 bits per heavy atom. The summed E-state index contributed by atoms with van der Waals surface area (Å²) in [7, 11) is -2.30. The lowest BCUT2D eigenvalue weighted by Crippen LogP contribution is -2.40. The third-order valence-corrected chi connectivity index (χ3v) is 6.58. The van der Waals surface area contributed by atoms with Crippen LogP contribution in [0, 0.1) is 0 Å². The normalized spacial score (nSPS) is 14.4. The molecule has 1 aliphatic heterocycles. The Hall–Kier alpha value is -2.29. The van der Waals surface area contributed by atoms with E-state index in [-0.39, 0.29) is 12.2 Å². The van der Waals surface area contributed by atoms with E-state index < -0.39 is 15.9 Å². The SMILES string of the molecule is COc1ccc(Cl)cc1N(CC(=O)NCc1ccc(CN2CCCC2)cc1)S(C)(=O)=O. The van der Waals surface area contributed by atoms with E-state index in [2.05, 4.69) is 22.3 Å². The van der Waals surface area contributed by atoms with Gasteiger partial charge in [0.2, 0.25) is 15.9 Å². The van der Waals surface area contributed by atoms with Crippen LogP contribution in [-0.4, -0.2) is 52.2 Å². The van der Waals surface area contributed by atoms with Gasteiger partial charge in [-0.1, -0.05) is 35.9 Å². The zero-order chi connectivity index (χ0) is 22.4. The number of halogens is 1. The van der Waals surface area contributed by atoms with Gasteiger partial charge >= 0.3 is 0 Å². The quantitative estimate of drug-likeness (QED) is 0.615. The Labute approximate surface area is 189 Å². The maximum atomic E-state index is 12.5. The number of hydrogen-bond acceptors (Lipinski definition) is 5. The van der Waals surface area contributed by atoms with Gasteiger partial charge < -0.3 is 10.1 Å². The smallest absolute Gasteiger partial charge is 0.241 e. The molecule has 0 radical (unpaired) electrons. The summed E-state index contributed by atoms with van der Waals surface area (Å²) in [6.07, 6.45) is 3.56. The van der Waals surface area contributed by atoms with Crippen LogP contribution >= 0.6 is 11.6 Å². The number of likely N-dealkylation sites (tertiary alicyclic amines) is 1. The molecule has 168 valence electrons. The van der Waals surface area contributed by atoms with Crippen LogP contribution in [0.15, 0.2) is 42.5 Å². The second-order valence-corrected chi connectivity index (χ2v) is 10.0. The minimum Gasteiger partial charge on any atom is -0.495 e. The van der Waals surface area contributed by atoms with E-state index in [9.17, 15) is 13.2 Å². The van der Waals surface area contributed by atoms with Crippen LogP contribution in [0.4, 0.5) is 5.69 Å². The highest BCUT2D eigenvalue weighted by atomic mass is 35.5. The molecule has 0 atom stereocenters. The van der Waals surface area contributed by atoms with Crippen molar-refractivity contribution in [1.29, 1.82) is 0 Å². The van der Waals surface area contributed by atoms with Gasteiger partial charge in [0.1, 0.15) is 12.3 Å². The number of nitrogens with zero attached hydrogens (tertiary/aromatic N) is 2. The standard InChI is InChI=1S/C22H28ClN3O4S/c1-30-21-10-9-19(23)13-20(21)26(31(2,28)29)16-22(27)24-14-17-5-7-18(8-6-17)15-25-11-3-4-12-25/h5-10,13H,3-4,11-12,14-16H2,1-2H3,(H,24,27). The first kappa shape index (κ1) is 23.4. The van der Waals surface area contributed by atoms with Crippen molar-refractivity contribution >= 4 is 33.2 Å². The van der Waals surface area contributed by atoms with Crippen molar-refractivity contribution in [3.63, 3.8) is 0 Å². The van der Waals surface area contributed by atoms with E-state index >= 15 is 0 Å². The average molecular weight is 466 g/mol. The van der Waals surface area contributed by atoms with Gasteiger partial charge in [-0.15, -0.1) is 0 Å². The van der Waals surface area contributed by atoms with Crippen molar-refractivity contribution in [2.45, 2.75) is 25.9 Å². The molecule has 3 rings (SSSR count). The molecule has 1 saturated heterocycles. The highest BCUT2D eigenvalue weighted by molar-refractivity contribution is 7.92. The Kier molecular flexibility index (Phi) is 7.80. The number of anilines is 1. The summed E-state index contributed by atoms with van der Waals surface area (Å²) in [6.45, 7) is 3.17. The van der Waals surface area contributed by atoms with Gasteiger partial charge in [-0.05, 0) is 55.3 Å². The second-order valence-electron chi connectivity index (χ2n) is 7.66. The molecule has 0 bridgehead atoms. The molecule has 0 unspecified atom stereocenters. The number of carbonyl (C=O) groups excluding carboxylic acids is 1. The highest BCUT2D eigenvalue weighted by Crippen LogP contribution is 2.32. The first-order valence-electron chi connectivity index (χ1n) is 10.1. The van der Waals surface area contributed by atoms with E-state index in [0.29, 0.717) is 17.3 Å². The number of benzene rings is 2. The van der Waals surface area contributed by atoms with Crippen LogP contribution in [0.1, 0.15) is 24.0 Å². The molecule has 1 amide bonds. The summed E-state index contributed by atoms with van der Waals surface area (Å²) in [5, 5.41) is 3.13. The topological polar surface area (TPSA) is 79.0 Å². The molecule has 2 aromatic carbocycles. The van der Waals surface area contributed by atoms with Gasteiger partial charge in [0.25, 0.3) is 0 Å². The molecule has 31 heavy (non-hydrogen) atoms. The van der Waals surface area contributed by atoms with Crippen molar-refractivity contribution in [1.82, 2.24) is 10.2 Å². The molecule has 1 aliphatic rings. The van der Waals surface area contributed by atoms with Crippen LogP contribution in [0.2, 0.25) is 5.02 Å². The minimum absolute atomic E-state index is 0.221. The monoisotopic (exact) mass is 465 g/mol. The van der Waals surface area contributed by atoms with Gasteiger partial charge in [-0.3, -0.25) is 14.0 Å². The van der Waals surface area contributed by atoms with Gasteiger partial charge in [0, 0.05) is 18.1 Å². The predicted molar refractivity (Wildman–Crippen MR) is 123 cm³/mol. The van der Waals surface area contributed by atoms with Crippen LogP contribution < -0.4 is 14.4 Å². The first-order valence-corrected chi connectivity index (χ1v) is 12.4. The molecule has 0 aromatic heterocycles. The fraction of sp³-hybridized carbons (Fsp3) is 0.409. The largest absolute Gasteiger partial charge is 0.495 e. The Bertz CT molecular complexity index is 1010. The van der Waals surface area contributed by atoms with E-state index in [1.54, 1.807) is 12.1 Å². The fourth-order valence-corrected chi connectivity index (χ4v) is 4.61. The molecule has 0 spiro atoms. The molecule has 0 saturated carbocycles. The number of hydrogen-bond donors (Lipinski definition) is 1. The number of amides is 1. The molecule has 7 nitrogen and oxygen atoms in total. The molecular weight excluding hydrogens is 438 g/mol. The number of sulfonamides is 1. The van der Waals surface area contributed by atoms with Gasteiger partial charge in [0.05, 0.1) is 19.1 Å². The molecule has 1 N–H and O–H groups in total. The first-order chi connectivity index (χ1) is 14.8. The van der Waals surface area contributed by atoms with Gasteiger partial charge in [-0.25, -0.2) is 8.42 Å². The highest BCUT2D eigenvalue weighted by Gasteiger charge is 2.24. The van der Waals surface area contributed by atoms with Crippen molar-refractivity contribution in [2.75, 3.05) is 37.3 Å².